The van der Waals surface area contributed by atoms with E-state index in [-0.39, 0.29) is 42.5 Å². The summed E-state index contributed by atoms with van der Waals surface area (Å²) in [5, 5.41) is 9.11. The maximum absolute atomic E-state index is 14.6. The van der Waals surface area contributed by atoms with Crippen molar-refractivity contribution < 1.29 is 19.2 Å². The Morgan fingerprint density at radius 1 is 0.979 bits per heavy atom. The molecule has 3 aromatic rings. The number of pyridine rings is 1. The molecule has 2 aromatic carbocycles. The van der Waals surface area contributed by atoms with Gasteiger partial charge in [-0.3, -0.25) is 19.2 Å². The fourth-order valence-corrected chi connectivity index (χ4v) is 7.27. The highest BCUT2D eigenvalue weighted by Gasteiger charge is 2.44. The Kier molecular flexibility index (Phi) is 10.2. The zero-order chi connectivity index (χ0) is 33.7. The summed E-state index contributed by atoms with van der Waals surface area (Å²) in [5.41, 5.74) is 4.76. The zero-order valence-electron chi connectivity index (χ0n) is 28.0. The third kappa shape index (κ3) is 7.28. The van der Waals surface area contributed by atoms with Gasteiger partial charge in [-0.15, -0.1) is 0 Å². The van der Waals surface area contributed by atoms with E-state index in [4.69, 9.17) is 0 Å². The van der Waals surface area contributed by atoms with Crippen molar-refractivity contribution in [2.45, 2.75) is 71.4 Å². The van der Waals surface area contributed by atoms with Crippen molar-refractivity contribution in [2.24, 2.45) is 11.3 Å². The minimum Gasteiger partial charge on any atom is -0.342 e. The average Bonchev–Trinajstić information content (AvgIpc) is 3.05. The van der Waals surface area contributed by atoms with Gasteiger partial charge < -0.3 is 25.8 Å². The predicted octanol–water partition coefficient (Wildman–Crippen LogP) is 4.67. The van der Waals surface area contributed by atoms with Crippen LogP contribution in [0.25, 0.3) is 0 Å². The summed E-state index contributed by atoms with van der Waals surface area (Å²) in [7, 11) is 1.89. The van der Waals surface area contributed by atoms with Crippen LogP contribution in [0.1, 0.15) is 73.3 Å². The van der Waals surface area contributed by atoms with Gasteiger partial charge in [-0.25, -0.2) is 4.98 Å². The second-order valence-corrected chi connectivity index (χ2v) is 13.5. The number of nitrogens with one attached hydrogen (secondary N) is 3. The first-order valence-electron chi connectivity index (χ1n) is 17.2. The summed E-state index contributed by atoms with van der Waals surface area (Å²) in [6, 6.07) is 17.4. The van der Waals surface area contributed by atoms with Crippen LogP contribution < -0.4 is 16.0 Å². The van der Waals surface area contributed by atoms with E-state index in [2.05, 4.69) is 20.9 Å². The third-order valence-corrected chi connectivity index (χ3v) is 10.5. The van der Waals surface area contributed by atoms with Gasteiger partial charge in [-0.1, -0.05) is 49.7 Å². The second-order valence-electron chi connectivity index (χ2n) is 13.5. The van der Waals surface area contributed by atoms with Crippen molar-refractivity contribution in [2.75, 3.05) is 37.3 Å². The van der Waals surface area contributed by atoms with E-state index in [1.807, 2.05) is 73.5 Å². The number of anilines is 2. The maximum Gasteiger partial charge on any atom is 0.244 e. The molecule has 4 amide bonds. The average molecular weight is 651 g/mol. The van der Waals surface area contributed by atoms with E-state index in [0.29, 0.717) is 63.4 Å². The fraction of sp³-hybridized carbons (Fsp3) is 0.447. The fourth-order valence-electron chi connectivity index (χ4n) is 7.27. The summed E-state index contributed by atoms with van der Waals surface area (Å²) < 4.78 is 0. The lowest BCUT2D eigenvalue weighted by molar-refractivity contribution is -0.152. The van der Waals surface area contributed by atoms with Gasteiger partial charge in [0.1, 0.15) is 12.4 Å². The molecule has 1 saturated heterocycles. The Morgan fingerprint density at radius 3 is 2.46 bits per heavy atom. The predicted molar refractivity (Wildman–Crippen MR) is 185 cm³/mol. The summed E-state index contributed by atoms with van der Waals surface area (Å²) in [6.45, 7) is 4.00. The molecular weight excluding hydrogens is 604 g/mol. The van der Waals surface area contributed by atoms with Gasteiger partial charge in [0.15, 0.2) is 0 Å². The molecule has 0 radical (unpaired) electrons. The molecule has 3 heterocycles. The summed E-state index contributed by atoms with van der Waals surface area (Å²) >= 11 is 0. The molecule has 0 unspecified atom stereocenters. The van der Waals surface area contributed by atoms with Gasteiger partial charge >= 0.3 is 0 Å². The molecule has 252 valence electrons. The molecule has 2 fully saturated rings. The van der Waals surface area contributed by atoms with Gasteiger partial charge in [-0.2, -0.15) is 0 Å². The molecule has 0 spiro atoms. The van der Waals surface area contributed by atoms with Gasteiger partial charge in [0.2, 0.25) is 23.6 Å². The van der Waals surface area contributed by atoms with Crippen LogP contribution in [0.3, 0.4) is 0 Å². The van der Waals surface area contributed by atoms with Crippen molar-refractivity contribution in [3.05, 3.63) is 88.6 Å². The van der Waals surface area contributed by atoms with Crippen molar-refractivity contribution in [3.8, 4) is 0 Å². The van der Waals surface area contributed by atoms with Crippen molar-refractivity contribution in [1.29, 1.82) is 0 Å². The van der Waals surface area contributed by atoms with Crippen LogP contribution in [0, 0.1) is 11.3 Å². The second kappa shape index (κ2) is 14.7. The Morgan fingerprint density at radius 2 is 1.75 bits per heavy atom. The number of fused-ring (bicyclic) bond motifs is 2. The molecule has 2 aliphatic heterocycles. The number of piperidine rings is 1. The highest BCUT2D eigenvalue weighted by Crippen LogP contribution is 2.39. The lowest BCUT2D eigenvalue weighted by Crippen LogP contribution is -2.53. The molecule has 0 bridgehead atoms. The van der Waals surface area contributed by atoms with Gasteiger partial charge in [0, 0.05) is 50.4 Å². The van der Waals surface area contributed by atoms with E-state index in [1.165, 1.54) is 0 Å². The van der Waals surface area contributed by atoms with Crippen molar-refractivity contribution >= 4 is 35.1 Å². The molecule has 3 N–H and O–H groups in total. The van der Waals surface area contributed by atoms with Crippen LogP contribution in [0.4, 0.5) is 11.5 Å². The van der Waals surface area contributed by atoms with Crippen LogP contribution in [0.5, 0.6) is 0 Å². The Bertz CT molecular complexity index is 1680. The first kappa shape index (κ1) is 33.3. The monoisotopic (exact) mass is 650 g/mol. The lowest BCUT2D eigenvalue weighted by atomic mass is 9.74. The summed E-state index contributed by atoms with van der Waals surface area (Å²) in [6.07, 6.45) is 7.29. The largest absolute Gasteiger partial charge is 0.342 e. The van der Waals surface area contributed by atoms with E-state index < -0.39 is 5.41 Å². The lowest BCUT2D eigenvalue weighted by Gasteiger charge is -2.44. The number of rotatable bonds is 10. The first-order valence-corrected chi connectivity index (χ1v) is 17.2. The van der Waals surface area contributed by atoms with Crippen LogP contribution in [-0.4, -0.2) is 65.1 Å². The number of benzene rings is 2. The Hall–Kier alpha value is -4.57. The number of carbonyl (C=O) groups excluding carboxylic acids is 4. The third-order valence-electron chi connectivity index (χ3n) is 10.5. The molecule has 6 rings (SSSR count). The smallest absolute Gasteiger partial charge is 0.244 e. The van der Waals surface area contributed by atoms with Gasteiger partial charge in [-0.05, 0) is 85.2 Å². The first-order chi connectivity index (χ1) is 23.3. The number of aromatic nitrogens is 1. The van der Waals surface area contributed by atoms with Crippen LogP contribution in [0.15, 0.2) is 60.8 Å². The molecule has 1 saturated carbocycles. The molecule has 10 nitrogen and oxygen atoms in total. The summed E-state index contributed by atoms with van der Waals surface area (Å²) in [4.78, 5) is 62.0. The van der Waals surface area contributed by atoms with E-state index in [1.54, 1.807) is 11.1 Å². The van der Waals surface area contributed by atoms with E-state index in [9.17, 15) is 19.2 Å². The number of carbonyl (C=O) groups is 4. The van der Waals surface area contributed by atoms with Crippen molar-refractivity contribution in [3.63, 3.8) is 0 Å². The number of hydrogen-bond donors (Lipinski definition) is 3. The Balaban J connectivity index is 1.21. The van der Waals surface area contributed by atoms with E-state index in [0.717, 1.165) is 47.1 Å². The number of nitrogens with zero attached hydrogens (tertiary/aromatic N) is 3. The normalized spacial score (nSPS) is 17.1. The molecule has 3 aliphatic rings. The van der Waals surface area contributed by atoms with Crippen LogP contribution in [0.2, 0.25) is 0 Å². The van der Waals surface area contributed by atoms with Crippen LogP contribution >= 0.6 is 0 Å². The number of likely N-dealkylation sites (tertiary alicyclic amines) is 1. The molecule has 0 atom stereocenters. The Labute approximate surface area is 282 Å². The van der Waals surface area contributed by atoms with Gasteiger partial charge in [0.05, 0.1) is 11.8 Å². The highest BCUT2D eigenvalue weighted by atomic mass is 16.2. The minimum absolute atomic E-state index is 0.0442. The SMILES string of the molecule is CCC1(C(=O)N(CC(=O)Nc2ccc3c(c2)CC(=O)Nc2ncccc2C3)Cc2ccccc2CNC)CCN(C(=O)C2CCC2)CC1. The zero-order valence-corrected chi connectivity index (χ0v) is 28.0. The molecule has 48 heavy (non-hydrogen) atoms. The number of amides is 4. The standard InChI is InChI=1S/C38H46N6O4/c1-3-38(15-18-43(19-16-38)36(47)26-10-6-11-26)37(48)44(24-30-9-5-4-8-29(30)23-39-2)25-34(46)41-32-14-13-27-20-28-12-7-17-40-35(28)42-33(45)22-31(27)21-32/h4-5,7-9,12-14,17,21,26,39H,3,6,10-11,15-16,18-20,22-25H2,1-2H3,(H,41,46)(H,40,42,45). The summed E-state index contributed by atoms with van der Waals surface area (Å²) in [5.74, 6) is 0.429. The maximum atomic E-state index is 14.6. The van der Waals surface area contributed by atoms with E-state index >= 15 is 0 Å². The topological polar surface area (TPSA) is 124 Å². The van der Waals surface area contributed by atoms with Crippen LogP contribution in [-0.2, 0) is 45.1 Å². The quantitative estimate of drug-likeness (QED) is 0.293. The van der Waals surface area contributed by atoms with Gasteiger partial charge in [0.25, 0.3) is 0 Å². The molecule has 1 aromatic heterocycles. The molecule has 10 heteroatoms. The number of hydrogen-bond acceptors (Lipinski definition) is 6. The molecule has 1 aliphatic carbocycles. The highest BCUT2D eigenvalue weighted by molar-refractivity contribution is 5.96. The minimum atomic E-state index is -0.643. The van der Waals surface area contributed by atoms with Crippen molar-refractivity contribution in [1.82, 2.24) is 20.1 Å². The molecular formula is C38H46N6O4.